The molecule has 0 saturated carbocycles. The van der Waals surface area contributed by atoms with Crippen LogP contribution in [0.5, 0.6) is 0 Å². The molecule has 0 bridgehead atoms. The lowest BCUT2D eigenvalue weighted by atomic mass is 10.6. The van der Waals surface area contributed by atoms with Crippen molar-refractivity contribution in [2.75, 3.05) is 146 Å². The Morgan fingerprint density at radius 3 is 0.861 bits per heavy atom. The summed E-state index contributed by atoms with van der Waals surface area (Å²) in [6.07, 6.45) is -0.400. The normalized spacial score (nSPS) is 12.4. The molecule has 3 N–H and O–H groups in total. The zero-order chi connectivity index (χ0) is 26.2. The first kappa shape index (κ1) is 35.5. The highest BCUT2D eigenvalue weighted by Gasteiger charge is 1.99. The van der Waals surface area contributed by atoms with Crippen LogP contribution in [0.15, 0.2) is 0 Å². The van der Waals surface area contributed by atoms with Gasteiger partial charge in [0.1, 0.15) is 6.23 Å². The summed E-state index contributed by atoms with van der Waals surface area (Å²) in [5.41, 5.74) is 5.54. The predicted octanol–water partition coefficient (Wildman–Crippen LogP) is -0.924. The first-order valence-corrected chi connectivity index (χ1v) is 12.5. The van der Waals surface area contributed by atoms with Gasteiger partial charge < -0.3 is 62.9 Å². The van der Waals surface area contributed by atoms with Crippen molar-refractivity contribution in [1.29, 1.82) is 0 Å². The third-order valence-electron chi connectivity index (χ3n) is 4.17. The predicted molar refractivity (Wildman–Crippen MR) is 130 cm³/mol. The van der Waals surface area contributed by atoms with Crippen molar-refractivity contribution in [3.05, 3.63) is 0 Å². The van der Waals surface area contributed by atoms with Crippen LogP contribution in [0.2, 0.25) is 0 Å². The van der Waals surface area contributed by atoms with Gasteiger partial charge in [-0.2, -0.15) is 0 Å². The van der Waals surface area contributed by atoms with Gasteiger partial charge in [0.2, 0.25) is 0 Å². The molecule has 0 spiro atoms. The molecule has 0 saturated heterocycles. The summed E-state index contributed by atoms with van der Waals surface area (Å²) < 4.78 is 58.4. The number of methoxy groups -OCH3 is 1. The SMILES string of the molecule is COC(N)COCCOCCOCCOCCOCCOCCOCCOCCOCCOCCO. The molecule has 0 aliphatic heterocycles. The van der Waals surface area contributed by atoms with Gasteiger partial charge >= 0.3 is 0 Å². The van der Waals surface area contributed by atoms with Crippen LogP contribution in [-0.4, -0.2) is 157 Å². The largest absolute Gasteiger partial charge is 0.394 e. The zero-order valence-corrected chi connectivity index (χ0v) is 21.9. The third-order valence-corrected chi connectivity index (χ3v) is 4.17. The van der Waals surface area contributed by atoms with Gasteiger partial charge in [0, 0.05) is 7.11 Å². The van der Waals surface area contributed by atoms with Crippen molar-refractivity contribution >= 4 is 0 Å². The van der Waals surface area contributed by atoms with E-state index in [4.69, 9.17) is 62.9 Å². The maximum Gasteiger partial charge on any atom is 0.128 e. The van der Waals surface area contributed by atoms with Crippen LogP contribution in [-0.2, 0) is 52.1 Å². The molecule has 0 aromatic rings. The van der Waals surface area contributed by atoms with Crippen molar-refractivity contribution in [2.45, 2.75) is 6.23 Å². The van der Waals surface area contributed by atoms with Gasteiger partial charge in [-0.25, -0.2) is 0 Å². The van der Waals surface area contributed by atoms with E-state index in [1.807, 2.05) is 0 Å². The molecule has 0 heterocycles. The highest BCUT2D eigenvalue weighted by Crippen LogP contribution is 1.87. The molecule has 218 valence electrons. The topological polar surface area (TPSA) is 148 Å². The highest BCUT2D eigenvalue weighted by atomic mass is 16.6. The number of nitrogens with two attached hydrogens (primary N) is 1. The molecule has 0 aliphatic carbocycles. The van der Waals surface area contributed by atoms with E-state index >= 15 is 0 Å². The molecule has 1 unspecified atom stereocenters. The Morgan fingerprint density at radius 2 is 0.639 bits per heavy atom. The number of rotatable bonds is 32. The molecule has 1 atom stereocenters. The Labute approximate surface area is 215 Å². The van der Waals surface area contributed by atoms with E-state index in [2.05, 4.69) is 0 Å². The number of hydrogen-bond donors (Lipinski definition) is 2. The fourth-order valence-corrected chi connectivity index (χ4v) is 2.31. The van der Waals surface area contributed by atoms with Crippen molar-refractivity contribution in [2.24, 2.45) is 5.73 Å². The van der Waals surface area contributed by atoms with Crippen LogP contribution in [0.4, 0.5) is 0 Å². The second-order valence-corrected chi connectivity index (χ2v) is 7.08. The molecule has 0 amide bonds. The molecule has 0 fully saturated rings. The van der Waals surface area contributed by atoms with Crippen molar-refractivity contribution in [3.8, 4) is 0 Å². The van der Waals surface area contributed by atoms with Gasteiger partial charge in [0.15, 0.2) is 0 Å². The fraction of sp³-hybridized carbons (Fsp3) is 1.00. The summed E-state index contributed by atoms with van der Waals surface area (Å²) in [5.74, 6) is 0. The number of aliphatic hydroxyl groups is 1. The van der Waals surface area contributed by atoms with Gasteiger partial charge in [-0.15, -0.1) is 0 Å². The smallest absolute Gasteiger partial charge is 0.128 e. The molecule has 36 heavy (non-hydrogen) atoms. The van der Waals surface area contributed by atoms with E-state index in [-0.39, 0.29) is 6.61 Å². The standard InChI is InChI=1S/C23H49NO12/c1-26-23(24)22-36-21-20-35-19-18-34-17-16-33-15-14-32-13-12-31-11-10-30-9-8-29-7-6-28-5-4-27-3-2-25/h23,25H,2-22,24H2,1H3. The Kier molecular flexibility index (Phi) is 32.0. The number of hydrogen-bond acceptors (Lipinski definition) is 13. The van der Waals surface area contributed by atoms with E-state index in [1.54, 1.807) is 0 Å². The molecule has 0 radical (unpaired) electrons. The number of ether oxygens (including phenoxy) is 11. The number of aliphatic hydroxyl groups excluding tert-OH is 1. The molecular formula is C23H49NO12. The minimum absolute atomic E-state index is 0.0262. The Balaban J connectivity index is 3.02. The first-order valence-electron chi connectivity index (χ1n) is 12.5. The maximum atomic E-state index is 8.55. The van der Waals surface area contributed by atoms with Crippen LogP contribution in [0.1, 0.15) is 0 Å². The fourth-order valence-electron chi connectivity index (χ4n) is 2.31. The zero-order valence-electron chi connectivity index (χ0n) is 21.9. The molecule has 0 aromatic heterocycles. The van der Waals surface area contributed by atoms with Gasteiger partial charge in [-0.05, 0) is 0 Å². The molecular weight excluding hydrogens is 482 g/mol. The van der Waals surface area contributed by atoms with Crippen molar-refractivity contribution in [3.63, 3.8) is 0 Å². The van der Waals surface area contributed by atoms with E-state index in [1.165, 1.54) is 7.11 Å². The second-order valence-electron chi connectivity index (χ2n) is 7.08. The molecule has 13 heteroatoms. The Morgan fingerprint density at radius 1 is 0.417 bits per heavy atom. The summed E-state index contributed by atoms with van der Waals surface area (Å²) in [6.45, 7) is 9.71. The summed E-state index contributed by atoms with van der Waals surface area (Å²) in [7, 11) is 1.54. The molecule has 0 aromatic carbocycles. The minimum Gasteiger partial charge on any atom is -0.394 e. The van der Waals surface area contributed by atoms with E-state index in [0.29, 0.717) is 132 Å². The average Bonchev–Trinajstić information content (AvgIpc) is 2.89. The van der Waals surface area contributed by atoms with Crippen LogP contribution < -0.4 is 5.73 Å². The first-order chi connectivity index (χ1) is 17.8. The third kappa shape index (κ3) is 31.5. The quantitative estimate of drug-likeness (QED) is 0.0815. The summed E-state index contributed by atoms with van der Waals surface area (Å²) in [5, 5.41) is 8.55. The van der Waals surface area contributed by atoms with Crippen LogP contribution >= 0.6 is 0 Å². The molecule has 13 nitrogen and oxygen atoms in total. The van der Waals surface area contributed by atoms with Crippen LogP contribution in [0.3, 0.4) is 0 Å². The second kappa shape index (κ2) is 32.5. The van der Waals surface area contributed by atoms with Crippen molar-refractivity contribution < 1.29 is 57.2 Å². The van der Waals surface area contributed by atoms with Crippen LogP contribution in [0, 0.1) is 0 Å². The van der Waals surface area contributed by atoms with E-state index in [9.17, 15) is 0 Å². The van der Waals surface area contributed by atoms with Crippen LogP contribution in [0.25, 0.3) is 0 Å². The molecule has 0 rings (SSSR count). The summed E-state index contributed by atoms with van der Waals surface area (Å²) in [6, 6.07) is 0. The summed E-state index contributed by atoms with van der Waals surface area (Å²) in [4.78, 5) is 0. The minimum atomic E-state index is -0.400. The summed E-state index contributed by atoms with van der Waals surface area (Å²) >= 11 is 0. The Bertz CT molecular complexity index is 398. The average molecular weight is 532 g/mol. The lowest BCUT2D eigenvalue weighted by Gasteiger charge is -2.10. The van der Waals surface area contributed by atoms with Gasteiger partial charge in [-0.1, -0.05) is 0 Å². The molecule has 0 aliphatic rings. The maximum absolute atomic E-state index is 8.55. The lowest BCUT2D eigenvalue weighted by molar-refractivity contribution is -0.0312. The lowest BCUT2D eigenvalue weighted by Crippen LogP contribution is -2.28. The van der Waals surface area contributed by atoms with Gasteiger partial charge in [0.25, 0.3) is 0 Å². The van der Waals surface area contributed by atoms with Crippen molar-refractivity contribution in [1.82, 2.24) is 0 Å². The highest BCUT2D eigenvalue weighted by molar-refractivity contribution is 4.42. The van der Waals surface area contributed by atoms with E-state index in [0.717, 1.165) is 0 Å². The van der Waals surface area contributed by atoms with Gasteiger partial charge in [0.05, 0.1) is 139 Å². The van der Waals surface area contributed by atoms with E-state index < -0.39 is 6.23 Å². The Hall–Kier alpha value is -0.520. The monoisotopic (exact) mass is 531 g/mol. The van der Waals surface area contributed by atoms with Gasteiger partial charge in [-0.3, -0.25) is 0 Å².